The molecule has 0 saturated carbocycles. The van der Waals surface area contributed by atoms with Crippen LogP contribution < -0.4 is 0 Å². The van der Waals surface area contributed by atoms with Gasteiger partial charge in [0.25, 0.3) is 0 Å². The summed E-state index contributed by atoms with van der Waals surface area (Å²) in [6, 6.07) is 0. The Bertz CT molecular complexity index is 134. The minimum Gasteiger partial charge on any atom is -0.378 e. The Hall–Kier alpha value is 1.32. The normalized spacial score (nSPS) is 11.0. The lowest BCUT2D eigenvalue weighted by Crippen LogP contribution is -2.08. The Morgan fingerprint density at radius 3 is 1.44 bits per heavy atom. The lowest BCUT2D eigenvalue weighted by atomic mass is 10.6. The lowest BCUT2D eigenvalue weighted by molar-refractivity contribution is 0.0605. The van der Waals surface area contributed by atoms with Gasteiger partial charge in [-0.2, -0.15) is 48.8 Å². The monoisotopic (exact) mass is 330 g/mol. The van der Waals surface area contributed by atoms with Crippen molar-refractivity contribution in [2.24, 2.45) is 0 Å². The SMILES string of the molecule is SCCCSCCOCCOCCSCCCS. The largest absolute Gasteiger partial charge is 0.378 e. The quantitative estimate of drug-likeness (QED) is 0.355. The van der Waals surface area contributed by atoms with Crippen molar-refractivity contribution in [1.29, 1.82) is 0 Å². The predicted molar refractivity (Wildman–Crippen MR) is 93.2 cm³/mol. The molecule has 0 fully saturated rings. The molecule has 0 aliphatic rings. The summed E-state index contributed by atoms with van der Waals surface area (Å²) in [5, 5.41) is 0. The van der Waals surface area contributed by atoms with E-state index in [0.29, 0.717) is 13.2 Å². The lowest BCUT2D eigenvalue weighted by Gasteiger charge is -2.05. The third kappa shape index (κ3) is 17.3. The first kappa shape index (κ1) is 19.3. The fourth-order valence-corrected chi connectivity index (χ4v) is 3.42. The second-order valence-corrected chi connectivity index (χ2v) is 6.95. The molecule has 6 heteroatoms. The summed E-state index contributed by atoms with van der Waals surface area (Å²) in [4.78, 5) is 0. The van der Waals surface area contributed by atoms with Gasteiger partial charge in [0.2, 0.25) is 0 Å². The van der Waals surface area contributed by atoms with Gasteiger partial charge < -0.3 is 9.47 Å². The molecule has 18 heavy (non-hydrogen) atoms. The summed E-state index contributed by atoms with van der Waals surface area (Å²) in [6.07, 6.45) is 2.36. The maximum absolute atomic E-state index is 5.48. The van der Waals surface area contributed by atoms with Crippen LogP contribution in [0, 0.1) is 0 Å². The standard InChI is InChI=1S/C12H26O2S4/c15-7-1-9-17-11-5-13-3-4-14-6-12-18-10-2-8-16/h15-16H,1-12H2. The van der Waals surface area contributed by atoms with Crippen molar-refractivity contribution in [2.75, 3.05) is 60.9 Å². The van der Waals surface area contributed by atoms with Gasteiger partial charge in [-0.1, -0.05) is 0 Å². The summed E-state index contributed by atoms with van der Waals surface area (Å²) in [6.45, 7) is 3.09. The summed E-state index contributed by atoms with van der Waals surface area (Å²) < 4.78 is 11.0. The molecular formula is C12H26O2S4. The molecule has 0 aromatic rings. The maximum atomic E-state index is 5.48. The molecule has 2 nitrogen and oxygen atoms in total. The van der Waals surface area contributed by atoms with Gasteiger partial charge in [-0.3, -0.25) is 0 Å². The molecule has 0 amide bonds. The average Bonchev–Trinajstić information content (AvgIpc) is 2.39. The fraction of sp³-hybridized carbons (Fsp3) is 1.00. The van der Waals surface area contributed by atoms with Crippen LogP contribution in [0.1, 0.15) is 12.8 Å². The summed E-state index contributed by atoms with van der Waals surface area (Å²) in [7, 11) is 0. The second kappa shape index (κ2) is 18.3. The zero-order chi connectivity index (χ0) is 13.3. The highest BCUT2D eigenvalue weighted by Gasteiger charge is 1.93. The molecule has 0 N–H and O–H groups in total. The molecule has 0 aliphatic carbocycles. The fourth-order valence-electron chi connectivity index (χ4n) is 1.10. The van der Waals surface area contributed by atoms with Crippen LogP contribution in [0.4, 0.5) is 0 Å². The van der Waals surface area contributed by atoms with Gasteiger partial charge in [0.05, 0.1) is 26.4 Å². The van der Waals surface area contributed by atoms with Crippen LogP contribution in [-0.2, 0) is 9.47 Å². The molecule has 0 aromatic heterocycles. The van der Waals surface area contributed by atoms with Crippen LogP contribution in [-0.4, -0.2) is 60.9 Å². The van der Waals surface area contributed by atoms with Crippen LogP contribution in [0.3, 0.4) is 0 Å². The van der Waals surface area contributed by atoms with Gasteiger partial charge in [-0.25, -0.2) is 0 Å². The van der Waals surface area contributed by atoms with E-state index < -0.39 is 0 Å². The molecule has 0 bridgehead atoms. The molecule has 0 spiro atoms. The van der Waals surface area contributed by atoms with Gasteiger partial charge in [0.1, 0.15) is 0 Å². The van der Waals surface area contributed by atoms with Crippen molar-refractivity contribution >= 4 is 48.8 Å². The molecule has 0 unspecified atom stereocenters. The van der Waals surface area contributed by atoms with Crippen molar-refractivity contribution in [3.63, 3.8) is 0 Å². The highest BCUT2D eigenvalue weighted by molar-refractivity contribution is 7.99. The molecule has 0 radical (unpaired) electrons. The molecule has 0 aliphatic heterocycles. The van der Waals surface area contributed by atoms with Crippen molar-refractivity contribution in [1.82, 2.24) is 0 Å². The van der Waals surface area contributed by atoms with E-state index in [4.69, 9.17) is 9.47 Å². The molecular weight excluding hydrogens is 304 g/mol. The Morgan fingerprint density at radius 1 is 0.611 bits per heavy atom. The number of ether oxygens (including phenoxy) is 2. The van der Waals surface area contributed by atoms with Gasteiger partial charge in [-0.05, 0) is 35.9 Å². The summed E-state index contributed by atoms with van der Waals surface area (Å²) in [5.41, 5.74) is 0. The van der Waals surface area contributed by atoms with Crippen LogP contribution >= 0.6 is 48.8 Å². The Kier molecular flexibility index (Phi) is 19.7. The number of hydrogen-bond donors (Lipinski definition) is 2. The van der Waals surface area contributed by atoms with Crippen molar-refractivity contribution in [2.45, 2.75) is 12.8 Å². The van der Waals surface area contributed by atoms with Crippen LogP contribution in [0.5, 0.6) is 0 Å². The number of thiol groups is 2. The van der Waals surface area contributed by atoms with Gasteiger partial charge >= 0.3 is 0 Å². The smallest absolute Gasteiger partial charge is 0.0700 e. The molecule has 0 atom stereocenters. The minimum atomic E-state index is 0.717. The zero-order valence-corrected chi connectivity index (χ0v) is 14.4. The van der Waals surface area contributed by atoms with Crippen LogP contribution in [0.2, 0.25) is 0 Å². The molecule has 0 rings (SSSR count). The molecule has 110 valence electrons. The Balaban J connectivity index is 2.86. The van der Waals surface area contributed by atoms with Crippen LogP contribution in [0.15, 0.2) is 0 Å². The number of hydrogen-bond acceptors (Lipinski definition) is 6. The van der Waals surface area contributed by atoms with Crippen molar-refractivity contribution in [3.05, 3.63) is 0 Å². The van der Waals surface area contributed by atoms with Crippen molar-refractivity contribution < 1.29 is 9.47 Å². The number of thioether (sulfide) groups is 2. The molecule has 0 saturated heterocycles. The van der Waals surface area contributed by atoms with Gasteiger partial charge in [0.15, 0.2) is 0 Å². The zero-order valence-electron chi connectivity index (χ0n) is 11.0. The second-order valence-electron chi connectivity index (χ2n) is 3.60. The first-order chi connectivity index (χ1) is 8.91. The van der Waals surface area contributed by atoms with E-state index in [1.54, 1.807) is 0 Å². The van der Waals surface area contributed by atoms with E-state index in [2.05, 4.69) is 25.3 Å². The highest BCUT2D eigenvalue weighted by Crippen LogP contribution is 2.03. The van der Waals surface area contributed by atoms with Gasteiger partial charge in [-0.15, -0.1) is 0 Å². The molecule has 0 aromatic carbocycles. The predicted octanol–water partition coefficient (Wildman–Crippen LogP) is 3.13. The van der Waals surface area contributed by atoms with E-state index in [-0.39, 0.29) is 0 Å². The summed E-state index contributed by atoms with van der Waals surface area (Å²) >= 11 is 12.2. The van der Waals surface area contributed by atoms with Crippen LogP contribution in [0.25, 0.3) is 0 Å². The van der Waals surface area contributed by atoms with E-state index in [9.17, 15) is 0 Å². The summed E-state index contributed by atoms with van der Waals surface area (Å²) in [5.74, 6) is 6.49. The van der Waals surface area contributed by atoms with E-state index >= 15 is 0 Å². The van der Waals surface area contributed by atoms with E-state index in [1.807, 2.05) is 23.5 Å². The first-order valence-electron chi connectivity index (χ1n) is 6.44. The Labute approximate surface area is 132 Å². The van der Waals surface area contributed by atoms with Crippen molar-refractivity contribution in [3.8, 4) is 0 Å². The topological polar surface area (TPSA) is 18.5 Å². The Morgan fingerprint density at radius 2 is 1.06 bits per heavy atom. The third-order valence-corrected chi connectivity index (χ3v) is 4.71. The highest BCUT2D eigenvalue weighted by atomic mass is 32.2. The first-order valence-corrected chi connectivity index (χ1v) is 10.0. The maximum Gasteiger partial charge on any atom is 0.0700 e. The number of rotatable bonds is 15. The molecule has 0 heterocycles. The minimum absolute atomic E-state index is 0.717. The third-order valence-electron chi connectivity index (χ3n) is 2.01. The van der Waals surface area contributed by atoms with E-state index in [1.165, 1.54) is 24.3 Å². The van der Waals surface area contributed by atoms with Gasteiger partial charge in [0, 0.05) is 11.5 Å². The van der Waals surface area contributed by atoms with E-state index in [0.717, 1.165) is 36.2 Å². The average molecular weight is 331 g/mol.